The van der Waals surface area contributed by atoms with Crippen molar-refractivity contribution >= 4 is 61.9 Å². The van der Waals surface area contributed by atoms with Gasteiger partial charge in [0.1, 0.15) is 0 Å². The summed E-state index contributed by atoms with van der Waals surface area (Å²) >= 11 is 9.36. The fourth-order valence-electron chi connectivity index (χ4n) is 2.48. The van der Waals surface area contributed by atoms with Crippen molar-refractivity contribution in [2.75, 3.05) is 13.1 Å². The van der Waals surface area contributed by atoms with Crippen molar-refractivity contribution in [3.05, 3.63) is 39.1 Å². The third-order valence-electron chi connectivity index (χ3n) is 3.35. The van der Waals surface area contributed by atoms with Gasteiger partial charge in [0.2, 0.25) is 0 Å². The van der Waals surface area contributed by atoms with Crippen molar-refractivity contribution < 1.29 is 4.79 Å². The quantitative estimate of drug-likeness (QED) is 0.788. The minimum absolute atomic E-state index is 0.742. The lowest BCUT2D eigenvalue weighted by atomic mass is 10.2. The van der Waals surface area contributed by atoms with Gasteiger partial charge in [-0.05, 0) is 30.0 Å². The Hall–Kier alpha value is -1.30. The molecule has 0 atom stereocenters. The number of halogens is 1. The third-order valence-corrected chi connectivity index (χ3v) is 5.83. The lowest BCUT2D eigenvalue weighted by Gasteiger charge is -2.14. The van der Waals surface area contributed by atoms with Gasteiger partial charge in [-0.25, -0.2) is 0 Å². The fraction of sp³-hybridized carbons (Fsp3) is 0.143. The molecule has 1 aromatic heterocycles. The third kappa shape index (κ3) is 1.74. The van der Waals surface area contributed by atoms with E-state index in [9.17, 15) is 4.79 Å². The topological polar surface area (TPSA) is 32.7 Å². The van der Waals surface area contributed by atoms with Crippen molar-refractivity contribution in [1.29, 1.82) is 0 Å². The minimum Gasteiger partial charge on any atom is -0.317 e. The summed E-state index contributed by atoms with van der Waals surface area (Å²) in [4.78, 5) is 19.7. The first kappa shape index (κ1) is 12.4. The molecule has 1 aromatic carbocycles. The number of aldehydes is 1. The summed E-state index contributed by atoms with van der Waals surface area (Å²) in [6.45, 7) is 1.64. The number of hydrogen-bond donors (Lipinski definition) is 0. The van der Waals surface area contributed by atoms with Gasteiger partial charge in [0.15, 0.2) is 11.5 Å². The monoisotopic (exact) mass is 320 g/mol. The normalized spacial score (nSPS) is 17.9. The molecule has 0 aliphatic carbocycles. The van der Waals surface area contributed by atoms with Gasteiger partial charge in [-0.1, -0.05) is 17.7 Å². The maximum Gasteiger partial charge on any atom is 0.168 e. The number of amidine groups is 1. The summed E-state index contributed by atoms with van der Waals surface area (Å²) < 4.78 is 1.14. The molecular formula is C14H9ClN2OS2. The summed E-state index contributed by atoms with van der Waals surface area (Å²) in [7, 11) is 0. The van der Waals surface area contributed by atoms with Gasteiger partial charge in [-0.3, -0.25) is 9.79 Å². The van der Waals surface area contributed by atoms with Crippen molar-refractivity contribution in [1.82, 2.24) is 4.90 Å². The van der Waals surface area contributed by atoms with Gasteiger partial charge in [0.25, 0.3) is 0 Å². The molecule has 0 saturated carbocycles. The number of thiophene rings is 1. The fourth-order valence-corrected chi connectivity index (χ4v) is 4.99. The number of rotatable bonds is 2. The first-order chi connectivity index (χ1) is 9.78. The van der Waals surface area contributed by atoms with Gasteiger partial charge < -0.3 is 4.90 Å². The van der Waals surface area contributed by atoms with Gasteiger partial charge in [0.05, 0.1) is 22.0 Å². The van der Waals surface area contributed by atoms with Crippen LogP contribution in [0.5, 0.6) is 0 Å². The summed E-state index contributed by atoms with van der Waals surface area (Å²) in [6, 6.07) is 7.97. The van der Waals surface area contributed by atoms with Crippen LogP contribution in [0.3, 0.4) is 0 Å². The predicted molar refractivity (Wildman–Crippen MR) is 86.4 cm³/mol. The molecule has 3 nitrogen and oxygen atoms in total. The summed E-state index contributed by atoms with van der Waals surface area (Å²) in [6.07, 6.45) is 0.923. The molecule has 0 bridgehead atoms. The number of nitrogens with zero attached hydrogens (tertiary/aromatic N) is 2. The average molecular weight is 321 g/mol. The van der Waals surface area contributed by atoms with E-state index in [1.165, 1.54) is 11.8 Å². The number of aliphatic imine (C=N–C) groups is 1. The SMILES string of the molecule is O=CC1=C(c2cc3c(Cl)cccc3s2)N2CCN=C2S1. The van der Waals surface area contributed by atoms with E-state index < -0.39 is 0 Å². The molecule has 0 unspecified atom stereocenters. The lowest BCUT2D eigenvalue weighted by molar-refractivity contribution is -0.104. The molecule has 0 spiro atoms. The van der Waals surface area contributed by atoms with Crippen LogP contribution in [0.4, 0.5) is 0 Å². The number of carbonyl (C=O) groups is 1. The Balaban J connectivity index is 1.91. The number of hydrogen-bond acceptors (Lipinski definition) is 5. The van der Waals surface area contributed by atoms with Gasteiger partial charge in [-0.2, -0.15) is 0 Å². The Kier molecular flexibility index (Phi) is 2.87. The molecule has 0 amide bonds. The molecule has 0 saturated heterocycles. The highest BCUT2D eigenvalue weighted by atomic mass is 35.5. The maximum absolute atomic E-state index is 11.3. The highest BCUT2D eigenvalue weighted by Gasteiger charge is 2.33. The zero-order chi connectivity index (χ0) is 13.7. The Morgan fingerprint density at radius 1 is 1.40 bits per heavy atom. The number of fused-ring (bicyclic) bond motifs is 2. The molecular weight excluding hydrogens is 312 g/mol. The zero-order valence-corrected chi connectivity index (χ0v) is 12.7. The molecule has 6 heteroatoms. The second kappa shape index (κ2) is 4.62. The molecule has 0 radical (unpaired) electrons. The lowest BCUT2D eigenvalue weighted by Crippen LogP contribution is -2.19. The Morgan fingerprint density at radius 3 is 3.10 bits per heavy atom. The first-order valence-electron chi connectivity index (χ1n) is 6.15. The second-order valence-electron chi connectivity index (χ2n) is 4.51. The molecule has 100 valence electrons. The number of benzene rings is 1. The molecule has 2 aromatic rings. The van der Waals surface area contributed by atoms with Crippen molar-refractivity contribution in [3.8, 4) is 0 Å². The van der Waals surface area contributed by atoms with Crippen LogP contribution in [0.1, 0.15) is 4.88 Å². The van der Waals surface area contributed by atoms with E-state index in [1.54, 1.807) is 11.3 Å². The standard InChI is InChI=1S/C14H9ClN2OS2/c15-9-2-1-3-10-8(9)6-11(19-10)13-12(7-18)20-14-16-4-5-17(13)14/h1-3,6-7H,4-5H2. The summed E-state index contributed by atoms with van der Waals surface area (Å²) in [5.74, 6) is 0. The van der Waals surface area contributed by atoms with E-state index in [1.807, 2.05) is 12.1 Å². The summed E-state index contributed by atoms with van der Waals surface area (Å²) in [5.41, 5.74) is 0.985. The maximum atomic E-state index is 11.3. The Labute approximate surface area is 128 Å². The smallest absolute Gasteiger partial charge is 0.168 e. The van der Waals surface area contributed by atoms with Crippen LogP contribution in [-0.2, 0) is 4.79 Å². The number of carbonyl (C=O) groups excluding carboxylic acids is 1. The zero-order valence-electron chi connectivity index (χ0n) is 10.3. The van der Waals surface area contributed by atoms with Crippen LogP contribution < -0.4 is 0 Å². The van der Waals surface area contributed by atoms with Crippen LogP contribution >= 0.6 is 34.7 Å². The first-order valence-corrected chi connectivity index (χ1v) is 8.17. The molecule has 0 fully saturated rings. The molecule has 2 aliphatic heterocycles. The summed E-state index contributed by atoms with van der Waals surface area (Å²) in [5, 5.41) is 2.73. The second-order valence-corrected chi connectivity index (χ2v) is 7.01. The molecule has 3 heterocycles. The van der Waals surface area contributed by atoms with Crippen LogP contribution in [0.15, 0.2) is 34.2 Å². The molecule has 2 aliphatic rings. The van der Waals surface area contributed by atoms with E-state index in [-0.39, 0.29) is 0 Å². The van der Waals surface area contributed by atoms with Crippen molar-refractivity contribution in [3.63, 3.8) is 0 Å². The van der Waals surface area contributed by atoms with Crippen LogP contribution in [-0.4, -0.2) is 29.4 Å². The van der Waals surface area contributed by atoms with E-state index >= 15 is 0 Å². The Morgan fingerprint density at radius 2 is 2.30 bits per heavy atom. The average Bonchev–Trinajstić information content (AvgIpc) is 3.10. The van der Waals surface area contributed by atoms with E-state index in [4.69, 9.17) is 11.6 Å². The van der Waals surface area contributed by atoms with E-state index in [0.29, 0.717) is 0 Å². The van der Waals surface area contributed by atoms with Crippen molar-refractivity contribution in [2.45, 2.75) is 0 Å². The van der Waals surface area contributed by atoms with Gasteiger partial charge in [0, 0.05) is 21.7 Å². The molecule has 20 heavy (non-hydrogen) atoms. The van der Waals surface area contributed by atoms with Crippen LogP contribution in [0.25, 0.3) is 15.8 Å². The molecule has 4 rings (SSSR count). The van der Waals surface area contributed by atoms with E-state index in [0.717, 1.165) is 55.1 Å². The molecule has 0 N–H and O–H groups in total. The highest BCUT2D eigenvalue weighted by molar-refractivity contribution is 8.18. The highest BCUT2D eigenvalue weighted by Crippen LogP contribution is 2.44. The van der Waals surface area contributed by atoms with Crippen LogP contribution in [0, 0.1) is 0 Å². The number of thioether (sulfide) groups is 1. The van der Waals surface area contributed by atoms with Crippen LogP contribution in [0.2, 0.25) is 5.02 Å². The minimum atomic E-state index is 0.742. The van der Waals surface area contributed by atoms with Gasteiger partial charge in [-0.15, -0.1) is 11.3 Å². The van der Waals surface area contributed by atoms with Gasteiger partial charge >= 0.3 is 0 Å². The Bertz CT molecular complexity index is 794. The number of allylic oxidation sites excluding steroid dienone is 1. The van der Waals surface area contributed by atoms with Crippen molar-refractivity contribution in [2.24, 2.45) is 4.99 Å². The predicted octanol–water partition coefficient (Wildman–Crippen LogP) is 3.84. The van der Waals surface area contributed by atoms with E-state index in [2.05, 4.69) is 22.0 Å². The largest absolute Gasteiger partial charge is 0.317 e.